The number of ether oxygens (including phenoxy) is 3. The Kier molecular flexibility index (Phi) is 64.8. The zero-order chi connectivity index (χ0) is 58.5. The van der Waals surface area contributed by atoms with Crippen molar-refractivity contribution in [2.45, 2.75) is 322 Å². The van der Waals surface area contributed by atoms with Gasteiger partial charge < -0.3 is 14.2 Å². The predicted molar refractivity (Wildman–Crippen MR) is 353 cm³/mol. The van der Waals surface area contributed by atoms with Gasteiger partial charge in [0.2, 0.25) is 0 Å². The highest BCUT2D eigenvalue weighted by atomic mass is 16.6. The molecule has 0 heterocycles. The van der Waals surface area contributed by atoms with Gasteiger partial charge in [0.25, 0.3) is 0 Å². The third kappa shape index (κ3) is 66.5. The minimum absolute atomic E-state index is 0.0956. The van der Waals surface area contributed by atoms with Crippen LogP contribution >= 0.6 is 0 Å². The number of unbranched alkanes of at least 4 members (excludes halogenated alkanes) is 30. The number of carbonyl (C=O) groups excluding carboxylic acids is 3. The smallest absolute Gasteiger partial charge is 0.306 e. The van der Waals surface area contributed by atoms with Gasteiger partial charge in [0.05, 0.1) is 0 Å². The van der Waals surface area contributed by atoms with Crippen LogP contribution in [0.1, 0.15) is 316 Å². The van der Waals surface area contributed by atoms with Crippen molar-refractivity contribution in [3.63, 3.8) is 0 Å². The third-order valence-corrected chi connectivity index (χ3v) is 14.4. The molecular weight excluding hydrogens is 997 g/mol. The summed E-state index contributed by atoms with van der Waals surface area (Å²) >= 11 is 0. The van der Waals surface area contributed by atoms with E-state index < -0.39 is 6.10 Å². The third-order valence-electron chi connectivity index (χ3n) is 14.4. The van der Waals surface area contributed by atoms with E-state index in [1.807, 2.05) is 0 Å². The Labute approximate surface area is 501 Å². The maximum absolute atomic E-state index is 12.9. The Morgan fingerprint density at radius 2 is 0.481 bits per heavy atom. The summed E-state index contributed by atoms with van der Waals surface area (Å²) in [5.41, 5.74) is 0. The molecule has 0 aromatic carbocycles. The Morgan fingerprint density at radius 3 is 0.753 bits per heavy atom. The fourth-order valence-corrected chi connectivity index (χ4v) is 9.33. The predicted octanol–water partition coefficient (Wildman–Crippen LogP) is 23.6. The summed E-state index contributed by atoms with van der Waals surface area (Å²) in [6.45, 7) is 6.49. The molecule has 0 aromatic rings. The van der Waals surface area contributed by atoms with Crippen LogP contribution in [0, 0.1) is 0 Å². The average molecular weight is 1120 g/mol. The molecule has 0 aromatic heterocycles. The van der Waals surface area contributed by atoms with Gasteiger partial charge in [-0.05, 0) is 135 Å². The Hall–Kier alpha value is -4.19. The van der Waals surface area contributed by atoms with Gasteiger partial charge in [0.1, 0.15) is 13.2 Å². The van der Waals surface area contributed by atoms with Crippen LogP contribution in [0.15, 0.2) is 122 Å². The summed E-state index contributed by atoms with van der Waals surface area (Å²) in [6.07, 6.45) is 94.9. The molecular formula is C75H126O6. The lowest BCUT2D eigenvalue weighted by atomic mass is 10.1. The molecule has 0 aliphatic rings. The molecule has 0 spiro atoms. The first-order valence-electron chi connectivity index (χ1n) is 34.0. The molecule has 0 N–H and O–H groups in total. The van der Waals surface area contributed by atoms with Gasteiger partial charge in [0.15, 0.2) is 6.10 Å². The topological polar surface area (TPSA) is 78.9 Å². The molecule has 0 saturated heterocycles. The van der Waals surface area contributed by atoms with Gasteiger partial charge in [-0.2, -0.15) is 0 Å². The first-order valence-corrected chi connectivity index (χ1v) is 34.0. The fraction of sp³-hybridized carbons (Fsp3) is 0.693. The molecule has 0 radical (unpaired) electrons. The summed E-state index contributed by atoms with van der Waals surface area (Å²) in [5, 5.41) is 0. The van der Waals surface area contributed by atoms with Crippen LogP contribution in [-0.2, 0) is 28.6 Å². The number of esters is 3. The van der Waals surface area contributed by atoms with Crippen LogP contribution in [-0.4, -0.2) is 37.2 Å². The summed E-state index contributed by atoms with van der Waals surface area (Å²) in [5.74, 6) is -0.929. The molecule has 0 amide bonds. The van der Waals surface area contributed by atoms with Crippen LogP contribution in [0.2, 0.25) is 0 Å². The molecule has 1 atom stereocenters. The largest absolute Gasteiger partial charge is 0.462 e. The summed E-state index contributed by atoms with van der Waals surface area (Å²) in [7, 11) is 0. The molecule has 81 heavy (non-hydrogen) atoms. The quantitative estimate of drug-likeness (QED) is 0.0261. The second-order valence-corrected chi connectivity index (χ2v) is 22.3. The van der Waals surface area contributed by atoms with Gasteiger partial charge in [-0.1, -0.05) is 284 Å². The highest BCUT2D eigenvalue weighted by molar-refractivity contribution is 5.71. The van der Waals surface area contributed by atoms with Crippen molar-refractivity contribution < 1.29 is 28.6 Å². The van der Waals surface area contributed by atoms with Crippen LogP contribution in [0.5, 0.6) is 0 Å². The van der Waals surface area contributed by atoms with Crippen LogP contribution in [0.4, 0.5) is 0 Å². The van der Waals surface area contributed by atoms with Crippen molar-refractivity contribution in [2.75, 3.05) is 13.2 Å². The average Bonchev–Trinajstić information content (AvgIpc) is 3.47. The van der Waals surface area contributed by atoms with Crippen molar-refractivity contribution in [3.05, 3.63) is 122 Å². The highest BCUT2D eigenvalue weighted by Gasteiger charge is 2.19. The normalized spacial score (nSPS) is 12.9. The number of carbonyl (C=O) groups is 3. The molecule has 1 unspecified atom stereocenters. The van der Waals surface area contributed by atoms with Crippen molar-refractivity contribution >= 4 is 17.9 Å². The van der Waals surface area contributed by atoms with E-state index in [0.29, 0.717) is 19.3 Å². The van der Waals surface area contributed by atoms with Crippen molar-refractivity contribution in [3.8, 4) is 0 Å². The monoisotopic (exact) mass is 1120 g/mol. The van der Waals surface area contributed by atoms with E-state index in [-0.39, 0.29) is 31.1 Å². The zero-order valence-electron chi connectivity index (χ0n) is 53.0. The van der Waals surface area contributed by atoms with E-state index in [9.17, 15) is 14.4 Å². The minimum Gasteiger partial charge on any atom is -0.462 e. The van der Waals surface area contributed by atoms with Gasteiger partial charge in [-0.25, -0.2) is 0 Å². The summed E-state index contributed by atoms with van der Waals surface area (Å²) in [6, 6.07) is 0. The highest BCUT2D eigenvalue weighted by Crippen LogP contribution is 2.15. The first kappa shape index (κ1) is 76.8. The van der Waals surface area contributed by atoms with E-state index in [1.54, 1.807) is 0 Å². The maximum Gasteiger partial charge on any atom is 0.306 e. The standard InChI is InChI=1S/C75H126O6/c1-4-7-10-13-16-19-22-25-28-31-33-35-36-37-38-40-41-44-47-50-53-56-59-62-65-68-74(77)80-71-72(70-79-73(76)67-64-61-58-55-52-49-46-43-30-27-24-21-18-15-12-9-6-3)81-75(78)69-66-63-60-57-54-51-48-45-42-39-34-32-29-26-23-20-17-14-11-8-5-2/h9,12,18,21-23,25-27,30-34,36-37,42,45-46,49,72H,4-8,10-11,13-17,19-20,24,28-29,35,38-41,43-44,47-48,50-71H2,1-3H3/b12-9-,21-18-,25-22-,26-23-,30-27-,33-31-,34-32-,37-36-,45-42-,49-46-. The maximum atomic E-state index is 12.9. The van der Waals surface area contributed by atoms with E-state index in [4.69, 9.17) is 14.2 Å². The molecule has 0 fully saturated rings. The van der Waals surface area contributed by atoms with Crippen LogP contribution < -0.4 is 0 Å². The lowest BCUT2D eigenvalue weighted by Crippen LogP contribution is -2.30. The number of rotatable bonds is 61. The molecule has 0 aliphatic carbocycles. The van der Waals surface area contributed by atoms with Crippen molar-refractivity contribution in [1.29, 1.82) is 0 Å². The summed E-state index contributed by atoms with van der Waals surface area (Å²) < 4.78 is 16.9. The van der Waals surface area contributed by atoms with Crippen LogP contribution in [0.25, 0.3) is 0 Å². The molecule has 0 saturated carbocycles. The second kappa shape index (κ2) is 68.3. The lowest BCUT2D eigenvalue weighted by molar-refractivity contribution is -0.167. The number of allylic oxidation sites excluding steroid dienone is 20. The Bertz CT molecular complexity index is 1670. The zero-order valence-corrected chi connectivity index (χ0v) is 53.0. The van der Waals surface area contributed by atoms with E-state index in [2.05, 4.69) is 142 Å². The lowest BCUT2D eigenvalue weighted by Gasteiger charge is -2.18. The van der Waals surface area contributed by atoms with E-state index >= 15 is 0 Å². The molecule has 6 nitrogen and oxygen atoms in total. The molecule has 0 rings (SSSR count). The minimum atomic E-state index is -0.803. The van der Waals surface area contributed by atoms with Gasteiger partial charge in [-0.3, -0.25) is 14.4 Å². The number of hydrogen-bond acceptors (Lipinski definition) is 6. The Balaban J connectivity index is 4.43. The molecule has 6 heteroatoms. The van der Waals surface area contributed by atoms with Crippen LogP contribution in [0.3, 0.4) is 0 Å². The number of hydrogen-bond donors (Lipinski definition) is 0. The Morgan fingerprint density at radius 1 is 0.259 bits per heavy atom. The van der Waals surface area contributed by atoms with E-state index in [0.717, 1.165) is 135 Å². The summed E-state index contributed by atoms with van der Waals surface area (Å²) in [4.78, 5) is 38.4. The van der Waals surface area contributed by atoms with Gasteiger partial charge >= 0.3 is 17.9 Å². The van der Waals surface area contributed by atoms with Crippen molar-refractivity contribution in [1.82, 2.24) is 0 Å². The molecule has 0 aliphatic heterocycles. The molecule has 462 valence electrons. The second-order valence-electron chi connectivity index (χ2n) is 22.3. The van der Waals surface area contributed by atoms with Gasteiger partial charge in [-0.15, -0.1) is 0 Å². The molecule has 0 bridgehead atoms. The van der Waals surface area contributed by atoms with Crippen molar-refractivity contribution in [2.24, 2.45) is 0 Å². The van der Waals surface area contributed by atoms with Gasteiger partial charge in [0, 0.05) is 19.3 Å². The SMILES string of the molecule is CC/C=C\C/C=C\C/C=C\C/C=C\CCCCCCC(=O)OCC(COC(=O)CCCCCCCCCCCC/C=C\C/C=C\C/C=C\CCCCCCC)OC(=O)CCCCCCCC/C=C\C/C=C\C/C=C\CCCCCCC. The fourth-order valence-electron chi connectivity index (χ4n) is 9.33. The first-order chi connectivity index (χ1) is 40.0. The van der Waals surface area contributed by atoms with E-state index in [1.165, 1.54) is 141 Å².